The van der Waals surface area contributed by atoms with Gasteiger partial charge < -0.3 is 9.47 Å². The second-order valence-corrected chi connectivity index (χ2v) is 13.8. The van der Waals surface area contributed by atoms with Gasteiger partial charge in [-0.25, -0.2) is 0 Å². The van der Waals surface area contributed by atoms with E-state index in [2.05, 4.69) is 19.1 Å². The molecule has 4 atom stereocenters. The lowest BCUT2D eigenvalue weighted by Gasteiger charge is -2.45. The number of halogens is 2. The van der Waals surface area contributed by atoms with Crippen molar-refractivity contribution in [2.75, 3.05) is 13.2 Å². The van der Waals surface area contributed by atoms with Crippen LogP contribution in [0.1, 0.15) is 117 Å². The van der Waals surface area contributed by atoms with Gasteiger partial charge in [-0.2, -0.15) is 8.78 Å². The van der Waals surface area contributed by atoms with Gasteiger partial charge in [0.15, 0.2) is 11.5 Å². The van der Waals surface area contributed by atoms with Gasteiger partial charge in [-0.05, 0) is 156 Å². The van der Waals surface area contributed by atoms with Crippen molar-refractivity contribution in [3.63, 3.8) is 0 Å². The van der Waals surface area contributed by atoms with E-state index in [4.69, 9.17) is 9.47 Å². The van der Waals surface area contributed by atoms with E-state index in [1.807, 2.05) is 0 Å². The summed E-state index contributed by atoms with van der Waals surface area (Å²) >= 11 is 0. The van der Waals surface area contributed by atoms with Crippen LogP contribution in [0.25, 0.3) is 0 Å². The highest BCUT2D eigenvalue weighted by atomic mass is 19.2. The zero-order chi connectivity index (χ0) is 27.9. The third-order valence-electron chi connectivity index (χ3n) is 11.3. The van der Waals surface area contributed by atoms with Crippen molar-refractivity contribution < 1.29 is 18.3 Å². The van der Waals surface area contributed by atoms with E-state index >= 15 is 0 Å². The molecule has 1 aromatic rings. The van der Waals surface area contributed by atoms with Crippen molar-refractivity contribution in [3.8, 4) is 11.5 Å². The molecular weight excluding hydrogens is 502 g/mol. The van der Waals surface area contributed by atoms with Crippen LogP contribution in [0.3, 0.4) is 0 Å². The Bertz CT molecular complexity index is 944. The van der Waals surface area contributed by atoms with Gasteiger partial charge in [0.2, 0.25) is 11.6 Å². The van der Waals surface area contributed by atoms with Crippen molar-refractivity contribution in [2.24, 2.45) is 47.3 Å². The highest BCUT2D eigenvalue weighted by Gasteiger charge is 2.38. The molecule has 4 aliphatic carbocycles. The summed E-state index contributed by atoms with van der Waals surface area (Å²) in [4.78, 5) is 0. The Kier molecular flexibility index (Phi) is 10.9. The predicted molar refractivity (Wildman–Crippen MR) is 160 cm³/mol. The first-order valence-corrected chi connectivity index (χ1v) is 17.0. The first-order chi connectivity index (χ1) is 19.5. The lowest BCUT2D eigenvalue weighted by Crippen LogP contribution is -2.34. The molecule has 0 heterocycles. The topological polar surface area (TPSA) is 18.5 Å². The van der Waals surface area contributed by atoms with E-state index in [0.717, 1.165) is 54.3 Å². The number of ether oxygens (including phenoxy) is 2. The van der Waals surface area contributed by atoms with E-state index in [0.29, 0.717) is 19.1 Å². The monoisotopic (exact) mass is 556 g/mol. The summed E-state index contributed by atoms with van der Waals surface area (Å²) in [6.45, 7) is 4.87. The van der Waals surface area contributed by atoms with Crippen molar-refractivity contribution >= 4 is 0 Å². The van der Waals surface area contributed by atoms with Crippen LogP contribution in [0.2, 0.25) is 0 Å². The lowest BCUT2D eigenvalue weighted by atomic mass is 9.61. The average molecular weight is 557 g/mol. The van der Waals surface area contributed by atoms with Gasteiger partial charge >= 0.3 is 0 Å². The zero-order valence-electron chi connectivity index (χ0n) is 25.2. The number of hydrogen-bond acceptors (Lipinski definition) is 2. The summed E-state index contributed by atoms with van der Waals surface area (Å²) in [6.07, 6.45) is 27.2. The molecule has 4 aliphatic rings. The van der Waals surface area contributed by atoms with Crippen LogP contribution in [0.5, 0.6) is 11.5 Å². The van der Waals surface area contributed by atoms with Gasteiger partial charge in [-0.3, -0.25) is 0 Å². The molecule has 0 N–H and O–H groups in total. The number of fused-ring (bicyclic) bond motifs is 1. The number of benzene rings is 1. The molecule has 0 spiro atoms. The summed E-state index contributed by atoms with van der Waals surface area (Å²) in [5.41, 5.74) is 0. The Morgan fingerprint density at radius 1 is 0.625 bits per heavy atom. The largest absolute Gasteiger partial charge is 0.491 e. The molecule has 0 radical (unpaired) electrons. The average Bonchev–Trinajstić information content (AvgIpc) is 2.99. The molecule has 0 aromatic heterocycles. The minimum Gasteiger partial charge on any atom is -0.491 e. The zero-order valence-corrected chi connectivity index (χ0v) is 25.2. The lowest BCUT2D eigenvalue weighted by molar-refractivity contribution is 0.0626. The molecule has 0 amide bonds. The van der Waals surface area contributed by atoms with E-state index < -0.39 is 11.6 Å². The van der Waals surface area contributed by atoms with E-state index in [1.165, 1.54) is 102 Å². The number of rotatable bonds is 10. The standard InChI is InChI=1S/C36H54F2O2/c1-3-5-25-6-8-26(9-7-25)10-11-27-12-17-32-23-31(19-18-30(32)22-27)29-15-13-28(14-16-29)24-40-34-21-20-33(39-4-2)35(37)36(34)38/h10-11,20-21,25-32H,3-9,12-19,22-24H2,1-2H3/b11-10+. The van der Waals surface area contributed by atoms with Crippen LogP contribution >= 0.6 is 0 Å². The van der Waals surface area contributed by atoms with Crippen LogP contribution in [-0.2, 0) is 0 Å². The molecule has 0 aliphatic heterocycles. The molecule has 224 valence electrons. The molecule has 2 nitrogen and oxygen atoms in total. The van der Waals surface area contributed by atoms with Crippen LogP contribution in [0.15, 0.2) is 24.3 Å². The minimum absolute atomic E-state index is 0.00574. The molecule has 4 saturated carbocycles. The Labute approximate surface area is 242 Å². The highest BCUT2D eigenvalue weighted by molar-refractivity contribution is 5.35. The van der Waals surface area contributed by atoms with Gasteiger partial charge in [0.25, 0.3) is 0 Å². The molecular formula is C36H54F2O2. The third-order valence-corrected chi connectivity index (χ3v) is 11.3. The SMILES string of the molecule is CCCC1CCC(/C=C/C2CCC3CC(C4CCC(COc5ccc(OCC)c(F)c5F)CC4)CCC3C2)CC1. The molecule has 4 heteroatoms. The van der Waals surface area contributed by atoms with Crippen LogP contribution < -0.4 is 9.47 Å². The fourth-order valence-corrected chi connectivity index (χ4v) is 8.88. The summed E-state index contributed by atoms with van der Waals surface area (Å²) < 4.78 is 39.5. The summed E-state index contributed by atoms with van der Waals surface area (Å²) in [5, 5.41) is 0. The fourth-order valence-electron chi connectivity index (χ4n) is 8.88. The number of allylic oxidation sites excluding steroid dienone is 2. The quantitative estimate of drug-likeness (QED) is 0.267. The van der Waals surface area contributed by atoms with E-state index in [-0.39, 0.29) is 11.5 Å². The Morgan fingerprint density at radius 2 is 1.15 bits per heavy atom. The van der Waals surface area contributed by atoms with Crippen molar-refractivity contribution in [2.45, 2.75) is 117 Å². The van der Waals surface area contributed by atoms with Gasteiger partial charge in [-0.15, -0.1) is 0 Å². The van der Waals surface area contributed by atoms with E-state index in [9.17, 15) is 8.78 Å². The van der Waals surface area contributed by atoms with Crippen molar-refractivity contribution in [3.05, 3.63) is 35.9 Å². The maximum atomic E-state index is 14.4. The maximum Gasteiger partial charge on any atom is 0.204 e. The second kappa shape index (κ2) is 14.5. The van der Waals surface area contributed by atoms with Crippen molar-refractivity contribution in [1.82, 2.24) is 0 Å². The molecule has 0 saturated heterocycles. The van der Waals surface area contributed by atoms with Gasteiger partial charge in [0.05, 0.1) is 13.2 Å². The number of hydrogen-bond donors (Lipinski definition) is 0. The van der Waals surface area contributed by atoms with Gasteiger partial charge in [0, 0.05) is 0 Å². The maximum absolute atomic E-state index is 14.4. The Balaban J connectivity index is 1.01. The molecule has 1 aromatic carbocycles. The second-order valence-electron chi connectivity index (χ2n) is 13.8. The van der Waals surface area contributed by atoms with Crippen molar-refractivity contribution in [1.29, 1.82) is 0 Å². The molecule has 4 fully saturated rings. The fraction of sp³-hybridized carbons (Fsp3) is 0.778. The van der Waals surface area contributed by atoms with Crippen LogP contribution in [0, 0.1) is 59.0 Å². The first kappa shape index (κ1) is 29.9. The molecule has 40 heavy (non-hydrogen) atoms. The van der Waals surface area contributed by atoms with Gasteiger partial charge in [0.1, 0.15) is 0 Å². The predicted octanol–water partition coefficient (Wildman–Crippen LogP) is 10.5. The van der Waals surface area contributed by atoms with Crippen LogP contribution in [0.4, 0.5) is 8.78 Å². The molecule has 5 rings (SSSR count). The normalized spacial score (nSPS) is 34.9. The summed E-state index contributed by atoms with van der Waals surface area (Å²) in [7, 11) is 0. The van der Waals surface area contributed by atoms with Gasteiger partial charge in [-0.1, -0.05) is 31.9 Å². The third kappa shape index (κ3) is 7.62. The summed E-state index contributed by atoms with van der Waals surface area (Å²) in [6, 6.07) is 2.96. The Morgan fingerprint density at radius 3 is 1.82 bits per heavy atom. The minimum atomic E-state index is -0.951. The first-order valence-electron chi connectivity index (χ1n) is 17.0. The summed E-state index contributed by atoms with van der Waals surface area (Å²) in [5.74, 6) is 4.83. The highest BCUT2D eigenvalue weighted by Crippen LogP contribution is 2.49. The smallest absolute Gasteiger partial charge is 0.204 e. The van der Waals surface area contributed by atoms with E-state index in [1.54, 1.807) is 6.92 Å². The molecule has 4 unspecified atom stereocenters. The Hall–Kier alpha value is -1.58. The van der Waals surface area contributed by atoms with Crippen LogP contribution in [-0.4, -0.2) is 13.2 Å². The molecule has 0 bridgehead atoms.